The van der Waals surface area contributed by atoms with E-state index in [1.807, 2.05) is 0 Å². The molecule has 2 N–H and O–H groups in total. The van der Waals surface area contributed by atoms with Crippen LogP contribution in [-0.4, -0.2) is 44.2 Å². The van der Waals surface area contributed by atoms with Gasteiger partial charge in [0.1, 0.15) is 0 Å². The van der Waals surface area contributed by atoms with Gasteiger partial charge in [0.2, 0.25) is 0 Å². The Balaban J connectivity index is 1.81. The minimum absolute atomic E-state index is 0.0424. The van der Waals surface area contributed by atoms with Crippen LogP contribution in [-0.2, 0) is 16.6 Å². The van der Waals surface area contributed by atoms with Gasteiger partial charge >= 0.3 is 0 Å². The number of nitrogens with one attached hydrogen (secondary N) is 2. The van der Waals surface area contributed by atoms with Gasteiger partial charge in [-0.1, -0.05) is 30.3 Å². The summed E-state index contributed by atoms with van der Waals surface area (Å²) in [5.41, 5.74) is 1.05. The number of hydrogen-bond acceptors (Lipinski definition) is 6. The molecule has 0 atom stereocenters. The highest BCUT2D eigenvalue weighted by molar-refractivity contribution is 7.92. The fraction of sp³-hybridized carbons (Fsp3) is 0.130. The highest BCUT2D eigenvalue weighted by Crippen LogP contribution is 2.24. The summed E-state index contributed by atoms with van der Waals surface area (Å²) in [6, 6.07) is 17.5. The van der Waals surface area contributed by atoms with Crippen molar-refractivity contribution in [3.05, 3.63) is 99.6 Å². The van der Waals surface area contributed by atoms with Crippen LogP contribution in [0.15, 0.2) is 77.7 Å². The molecule has 34 heavy (non-hydrogen) atoms. The summed E-state index contributed by atoms with van der Waals surface area (Å²) in [5.74, 6) is -0.659. The monoisotopic (exact) mass is 482 g/mol. The zero-order valence-corrected chi connectivity index (χ0v) is 19.2. The number of nitrogens with zero attached hydrogens (tertiary/aromatic N) is 2. The maximum Gasteiger partial charge on any atom is 0.270 e. The molecule has 0 saturated heterocycles. The number of benzene rings is 3. The molecule has 0 aromatic heterocycles. The van der Waals surface area contributed by atoms with Crippen LogP contribution < -0.4 is 10.0 Å². The highest BCUT2D eigenvalue weighted by atomic mass is 32.2. The van der Waals surface area contributed by atoms with Gasteiger partial charge in [-0.25, -0.2) is 8.42 Å². The van der Waals surface area contributed by atoms with Crippen LogP contribution in [0, 0.1) is 10.1 Å². The average Bonchev–Trinajstić information content (AvgIpc) is 2.83. The number of nitro benzene ring substituents is 1. The summed E-state index contributed by atoms with van der Waals surface area (Å²) in [6.07, 6.45) is 0. The van der Waals surface area contributed by atoms with E-state index in [1.165, 1.54) is 42.3 Å². The number of sulfonamides is 1. The van der Waals surface area contributed by atoms with Crippen molar-refractivity contribution in [3.8, 4) is 0 Å². The molecule has 0 radical (unpaired) electrons. The van der Waals surface area contributed by atoms with Crippen LogP contribution in [0.1, 0.15) is 26.3 Å². The van der Waals surface area contributed by atoms with E-state index in [-0.39, 0.29) is 34.3 Å². The lowest BCUT2D eigenvalue weighted by molar-refractivity contribution is -0.385. The number of non-ortho nitro benzene ring substituents is 1. The zero-order valence-electron chi connectivity index (χ0n) is 18.4. The highest BCUT2D eigenvalue weighted by Gasteiger charge is 2.22. The summed E-state index contributed by atoms with van der Waals surface area (Å²) in [7, 11) is -1.08. The van der Waals surface area contributed by atoms with Crippen molar-refractivity contribution >= 4 is 33.2 Å². The molecule has 3 aromatic rings. The Morgan fingerprint density at radius 3 is 2.32 bits per heavy atom. The Kier molecular flexibility index (Phi) is 7.27. The average molecular weight is 483 g/mol. The van der Waals surface area contributed by atoms with Crippen LogP contribution in [0.2, 0.25) is 0 Å². The molecule has 11 heteroatoms. The number of nitro groups is 1. The van der Waals surface area contributed by atoms with E-state index in [0.29, 0.717) is 5.56 Å². The molecular formula is C23H22N4O6S. The van der Waals surface area contributed by atoms with Gasteiger partial charge in [0.25, 0.3) is 27.5 Å². The third kappa shape index (κ3) is 5.56. The fourth-order valence-corrected chi connectivity index (χ4v) is 4.30. The molecule has 2 amide bonds. The predicted octanol–water partition coefficient (Wildman–Crippen LogP) is 3.03. The van der Waals surface area contributed by atoms with Gasteiger partial charge in [0.15, 0.2) is 0 Å². The standard InChI is InChI=1S/C23H22N4O6S/c1-24-22(28)17-12-10-16(11-13-17)15-26(2)23(29)20-8-3-4-9-21(20)25-34(32,33)19-7-5-6-18(14-19)27(30)31/h3-14,25H,15H2,1-2H3,(H,24,28). The lowest BCUT2D eigenvalue weighted by atomic mass is 10.1. The number of carbonyl (C=O) groups excluding carboxylic acids is 2. The Hall–Kier alpha value is -4.25. The topological polar surface area (TPSA) is 139 Å². The van der Waals surface area contributed by atoms with E-state index in [0.717, 1.165) is 11.6 Å². The molecule has 10 nitrogen and oxygen atoms in total. The summed E-state index contributed by atoms with van der Waals surface area (Å²) >= 11 is 0. The zero-order chi connectivity index (χ0) is 24.9. The van der Waals surface area contributed by atoms with Crippen molar-refractivity contribution in [2.45, 2.75) is 11.4 Å². The van der Waals surface area contributed by atoms with Crippen LogP contribution in [0.3, 0.4) is 0 Å². The van der Waals surface area contributed by atoms with Crippen molar-refractivity contribution in [1.82, 2.24) is 10.2 Å². The molecule has 0 fully saturated rings. The third-order valence-electron chi connectivity index (χ3n) is 4.95. The second kappa shape index (κ2) is 10.1. The minimum atomic E-state index is -4.19. The Morgan fingerprint density at radius 2 is 1.68 bits per heavy atom. The number of amides is 2. The predicted molar refractivity (Wildman–Crippen MR) is 126 cm³/mol. The largest absolute Gasteiger partial charge is 0.355 e. The first-order valence-electron chi connectivity index (χ1n) is 10.0. The maximum atomic E-state index is 13.1. The summed E-state index contributed by atoms with van der Waals surface area (Å²) < 4.78 is 28.0. The van der Waals surface area contributed by atoms with Crippen molar-refractivity contribution in [3.63, 3.8) is 0 Å². The normalized spacial score (nSPS) is 10.9. The number of anilines is 1. The molecule has 3 rings (SSSR count). The number of para-hydroxylation sites is 1. The second-order valence-corrected chi connectivity index (χ2v) is 9.03. The first kappa shape index (κ1) is 24.4. The number of carbonyl (C=O) groups is 2. The maximum absolute atomic E-state index is 13.1. The minimum Gasteiger partial charge on any atom is -0.355 e. The van der Waals surface area contributed by atoms with Gasteiger partial charge in [-0.05, 0) is 35.9 Å². The Labute approximate surface area is 196 Å². The van der Waals surface area contributed by atoms with Crippen LogP contribution in [0.5, 0.6) is 0 Å². The summed E-state index contributed by atoms with van der Waals surface area (Å²) in [6.45, 7) is 0.221. The Morgan fingerprint density at radius 1 is 1.00 bits per heavy atom. The molecule has 0 heterocycles. The van der Waals surface area contributed by atoms with E-state index in [9.17, 15) is 28.1 Å². The molecule has 0 spiro atoms. The van der Waals surface area contributed by atoms with Crippen LogP contribution in [0.4, 0.5) is 11.4 Å². The van der Waals surface area contributed by atoms with Crippen LogP contribution in [0.25, 0.3) is 0 Å². The molecule has 0 saturated carbocycles. The van der Waals surface area contributed by atoms with Gasteiger partial charge in [0, 0.05) is 38.3 Å². The smallest absolute Gasteiger partial charge is 0.270 e. The lowest BCUT2D eigenvalue weighted by Crippen LogP contribution is -2.27. The fourth-order valence-electron chi connectivity index (χ4n) is 3.18. The Bertz CT molecular complexity index is 1340. The second-order valence-electron chi connectivity index (χ2n) is 7.34. The van der Waals surface area contributed by atoms with E-state index < -0.39 is 20.9 Å². The lowest BCUT2D eigenvalue weighted by Gasteiger charge is -2.20. The van der Waals surface area contributed by atoms with Gasteiger partial charge < -0.3 is 10.2 Å². The summed E-state index contributed by atoms with van der Waals surface area (Å²) in [4.78, 5) is 36.2. The SMILES string of the molecule is CNC(=O)c1ccc(CN(C)C(=O)c2ccccc2NS(=O)(=O)c2cccc([N+](=O)[O-])c2)cc1. The quantitative estimate of drug-likeness (QED) is 0.374. The van der Waals surface area contributed by atoms with Gasteiger partial charge in [0.05, 0.1) is 21.1 Å². The first-order chi connectivity index (χ1) is 16.1. The van der Waals surface area contributed by atoms with Gasteiger partial charge in [-0.2, -0.15) is 0 Å². The molecule has 0 aliphatic carbocycles. The van der Waals surface area contributed by atoms with Crippen LogP contribution >= 0.6 is 0 Å². The first-order valence-corrected chi connectivity index (χ1v) is 11.5. The van der Waals surface area contributed by atoms with Crippen molar-refractivity contribution in [2.24, 2.45) is 0 Å². The molecule has 3 aromatic carbocycles. The molecular weight excluding hydrogens is 460 g/mol. The molecule has 0 bridgehead atoms. The number of hydrogen-bond donors (Lipinski definition) is 2. The molecule has 0 aliphatic rings. The third-order valence-corrected chi connectivity index (χ3v) is 6.31. The van der Waals surface area contributed by atoms with E-state index in [2.05, 4.69) is 10.0 Å². The van der Waals surface area contributed by atoms with Gasteiger partial charge in [-0.15, -0.1) is 0 Å². The van der Waals surface area contributed by atoms with Crippen molar-refractivity contribution < 1.29 is 22.9 Å². The molecule has 176 valence electrons. The summed E-state index contributed by atoms with van der Waals surface area (Å²) in [5, 5.41) is 13.5. The molecule has 0 aliphatic heterocycles. The van der Waals surface area contributed by atoms with E-state index in [1.54, 1.807) is 43.4 Å². The van der Waals surface area contributed by atoms with Crippen molar-refractivity contribution in [1.29, 1.82) is 0 Å². The van der Waals surface area contributed by atoms with E-state index >= 15 is 0 Å². The molecule has 0 unspecified atom stereocenters. The van der Waals surface area contributed by atoms with E-state index in [4.69, 9.17) is 0 Å². The van der Waals surface area contributed by atoms with Crippen molar-refractivity contribution in [2.75, 3.05) is 18.8 Å². The van der Waals surface area contributed by atoms with Gasteiger partial charge in [-0.3, -0.25) is 24.4 Å². The number of rotatable bonds is 8.